The Morgan fingerprint density at radius 1 is 0.945 bits per heavy atom. The number of nitrogen functional groups attached to an aromatic ring is 1. The number of aliphatic hydroxyl groups is 2. The van der Waals surface area contributed by atoms with Gasteiger partial charge in [-0.25, -0.2) is 19.4 Å². The highest BCUT2D eigenvalue weighted by molar-refractivity contribution is 8.76. The summed E-state index contributed by atoms with van der Waals surface area (Å²) in [5.41, 5.74) is 4.61. The van der Waals surface area contributed by atoms with E-state index in [-0.39, 0.29) is 18.4 Å². The minimum atomic E-state index is -3.98. The zero-order valence-electron chi connectivity index (χ0n) is 31.3. The molecular formula is C38H55N6O8PS2. The number of unbranched alkanes of at least 4 members (excludes halogenated alkanes) is 1. The van der Waals surface area contributed by atoms with Crippen molar-refractivity contribution in [2.75, 3.05) is 36.9 Å². The van der Waals surface area contributed by atoms with Gasteiger partial charge >= 0.3 is 13.4 Å². The monoisotopic (exact) mass is 818 g/mol. The van der Waals surface area contributed by atoms with Crippen LogP contribution in [-0.2, 0) is 18.6 Å². The number of hydrogen-bond donors (Lipinski definition) is 5. The average Bonchev–Trinajstić information content (AvgIpc) is 3.45. The molecule has 1 aliphatic rings. The van der Waals surface area contributed by atoms with Crippen LogP contribution < -0.4 is 26.4 Å². The second-order valence-electron chi connectivity index (χ2n) is 12.2. The van der Waals surface area contributed by atoms with Crippen LogP contribution in [0.1, 0.15) is 64.5 Å². The number of ether oxygens (including phenoxy) is 1. The summed E-state index contributed by atoms with van der Waals surface area (Å²) in [4.78, 5) is 31.7. The minimum Gasteiger partial charge on any atom is -0.413 e. The Morgan fingerprint density at radius 3 is 2.20 bits per heavy atom. The van der Waals surface area contributed by atoms with Crippen LogP contribution >= 0.6 is 29.3 Å². The van der Waals surface area contributed by atoms with E-state index in [0.29, 0.717) is 30.2 Å². The fraction of sp³-hybridized carbons (Fsp3) is 0.474. The molecule has 0 spiro atoms. The van der Waals surface area contributed by atoms with Gasteiger partial charge < -0.3 is 30.5 Å². The summed E-state index contributed by atoms with van der Waals surface area (Å²) in [6.07, 6.45) is 24.3. The molecule has 3 rings (SSSR count). The molecule has 1 amide bonds. The number of allylic oxidation sites excluding steroid dienone is 10. The second kappa shape index (κ2) is 27.2. The lowest BCUT2D eigenvalue weighted by atomic mass is 10.1. The highest BCUT2D eigenvalue weighted by Gasteiger charge is 2.45. The number of rotatable bonds is 27. The van der Waals surface area contributed by atoms with Gasteiger partial charge in [0.2, 0.25) is 11.9 Å². The lowest BCUT2D eigenvalue weighted by Crippen LogP contribution is -2.36. The third kappa shape index (κ3) is 18.8. The van der Waals surface area contributed by atoms with Gasteiger partial charge in [-0.15, -0.1) is 0 Å². The number of amides is 1. The number of nitrogens with one attached hydrogen (secondary N) is 2. The lowest BCUT2D eigenvalue weighted by molar-refractivity contribution is -0.121. The van der Waals surface area contributed by atoms with E-state index in [4.69, 9.17) is 19.5 Å². The van der Waals surface area contributed by atoms with Crippen molar-refractivity contribution >= 4 is 41.2 Å². The van der Waals surface area contributed by atoms with Gasteiger partial charge in [-0.05, 0) is 57.1 Å². The molecule has 0 aliphatic carbocycles. The van der Waals surface area contributed by atoms with Gasteiger partial charge in [-0.2, -0.15) is 4.98 Å². The molecule has 6 N–H and O–H groups in total. The number of carbonyl (C=O) groups excluding carboxylic acids is 1. The molecular weight excluding hydrogens is 764 g/mol. The zero-order chi connectivity index (χ0) is 39.6. The molecule has 1 aromatic heterocycles. The van der Waals surface area contributed by atoms with Crippen LogP contribution in [0, 0.1) is 0 Å². The quantitative estimate of drug-likeness (QED) is 0.0302. The number of aromatic nitrogens is 3. The Morgan fingerprint density at radius 2 is 1.56 bits per heavy atom. The summed E-state index contributed by atoms with van der Waals surface area (Å²) in [7, 11) is -0.876. The molecule has 2 unspecified atom stereocenters. The van der Waals surface area contributed by atoms with Crippen molar-refractivity contribution in [3.63, 3.8) is 0 Å². The van der Waals surface area contributed by atoms with E-state index in [1.54, 1.807) is 41.1 Å². The first kappa shape index (κ1) is 45.9. The van der Waals surface area contributed by atoms with E-state index >= 15 is 0 Å². The molecule has 0 radical (unpaired) electrons. The van der Waals surface area contributed by atoms with Crippen molar-refractivity contribution in [3.8, 4) is 5.75 Å². The summed E-state index contributed by atoms with van der Waals surface area (Å²) in [5, 5.41) is 26.9. The van der Waals surface area contributed by atoms with Crippen molar-refractivity contribution in [2.24, 2.45) is 0 Å². The first-order chi connectivity index (χ1) is 26.7. The van der Waals surface area contributed by atoms with Crippen LogP contribution in [0.5, 0.6) is 5.75 Å². The fourth-order valence-electron chi connectivity index (χ4n) is 4.93. The fourth-order valence-corrected chi connectivity index (χ4v) is 8.24. The molecule has 2 heterocycles. The predicted octanol–water partition coefficient (Wildman–Crippen LogP) is 6.05. The molecule has 2 aromatic rings. The van der Waals surface area contributed by atoms with Gasteiger partial charge in [0.05, 0.1) is 6.61 Å². The summed E-state index contributed by atoms with van der Waals surface area (Å²) < 4.78 is 31.6. The Hall–Kier alpha value is -3.47. The summed E-state index contributed by atoms with van der Waals surface area (Å²) in [5.74, 6) is 1.32. The molecule has 14 nitrogen and oxygen atoms in total. The lowest BCUT2D eigenvalue weighted by Gasteiger charge is -2.22. The minimum absolute atomic E-state index is 0.0276. The van der Waals surface area contributed by atoms with E-state index in [2.05, 4.69) is 88.1 Å². The molecule has 5 atom stereocenters. The maximum Gasteiger partial charge on any atom is 0.458 e. The van der Waals surface area contributed by atoms with Crippen molar-refractivity contribution in [1.82, 2.24) is 24.9 Å². The average molecular weight is 819 g/mol. The van der Waals surface area contributed by atoms with Crippen LogP contribution in [0.2, 0.25) is 0 Å². The highest BCUT2D eigenvalue weighted by Crippen LogP contribution is 2.45. The molecule has 0 saturated carbocycles. The molecule has 55 heavy (non-hydrogen) atoms. The first-order valence-corrected chi connectivity index (χ1v) is 22.5. The molecule has 1 aliphatic heterocycles. The maximum absolute atomic E-state index is 13.7. The molecule has 0 bridgehead atoms. The van der Waals surface area contributed by atoms with E-state index in [1.807, 2.05) is 0 Å². The van der Waals surface area contributed by atoms with E-state index in [9.17, 15) is 24.4 Å². The Labute approximate surface area is 331 Å². The van der Waals surface area contributed by atoms with Crippen molar-refractivity contribution in [2.45, 2.75) is 82.8 Å². The van der Waals surface area contributed by atoms with Crippen LogP contribution in [0.25, 0.3) is 0 Å². The van der Waals surface area contributed by atoms with Crippen molar-refractivity contribution in [1.29, 1.82) is 0 Å². The number of para-hydroxylation sites is 1. The Bertz CT molecular complexity index is 1660. The van der Waals surface area contributed by atoms with Crippen LogP contribution in [0.4, 0.5) is 5.95 Å². The summed E-state index contributed by atoms with van der Waals surface area (Å²) in [6.45, 7) is 2.50. The van der Waals surface area contributed by atoms with Gasteiger partial charge in [0.1, 0.15) is 30.4 Å². The number of nitrogens with zero attached hydrogens (tertiary/aromatic N) is 3. The van der Waals surface area contributed by atoms with Gasteiger partial charge in [0.25, 0.3) is 0 Å². The Balaban J connectivity index is 1.26. The molecule has 302 valence electrons. The summed E-state index contributed by atoms with van der Waals surface area (Å²) >= 11 is 0. The van der Waals surface area contributed by atoms with Gasteiger partial charge in [-0.1, -0.05) is 107 Å². The van der Waals surface area contributed by atoms with Gasteiger partial charge in [0.15, 0.2) is 6.23 Å². The topological polar surface area (TPSA) is 200 Å². The predicted molar refractivity (Wildman–Crippen MR) is 221 cm³/mol. The summed E-state index contributed by atoms with van der Waals surface area (Å²) in [6, 6.07) is 8.46. The first-order valence-electron chi connectivity index (χ1n) is 18.4. The number of nitrogens with two attached hydrogens (primary N) is 1. The number of carbonyl (C=O) groups is 1. The third-order valence-electron chi connectivity index (χ3n) is 7.75. The van der Waals surface area contributed by atoms with Crippen molar-refractivity contribution < 1.29 is 33.4 Å². The standard InChI is InChI=1S/C38H55N6O8PS2/c1-2-3-4-5-6-7-8-9-10-11-12-13-14-15-16-17-21-24-33(45)40-25-27-54-55-28-26-42-53(49,52-31-22-19-18-20-23-31)50-29-32-34(46)35(47)36(51-32)44-30-41-37(39)43-38(44)48/h3-4,6-7,9-10,12-13,15-16,18-20,22-23,30,32,34-36,46-47H,2,5,8,11,14,17,21,24-29H2,1H3,(H,40,45)(H,42,49)(H2,39,43,48)/b4-3-,7-6-,10-9-,13-12-,16-15-/t32-,34-,35-,36?,53?/m1/s1. The highest BCUT2D eigenvalue weighted by atomic mass is 33.1. The molecule has 1 fully saturated rings. The smallest absolute Gasteiger partial charge is 0.413 e. The largest absolute Gasteiger partial charge is 0.458 e. The number of anilines is 1. The maximum atomic E-state index is 13.7. The SMILES string of the molecule is CC/C=C\C/C=C\C/C=C\C/C=C\C/C=C\CCCC(=O)NCCSSCCNP(=O)(OC[C@H]1OC(n2cnc(N)nc2=O)[C@H](O)[C@@H]1O)Oc1ccccc1. The van der Waals surface area contributed by atoms with Crippen molar-refractivity contribution in [3.05, 3.63) is 108 Å². The number of benzene rings is 1. The van der Waals surface area contributed by atoms with E-state index < -0.39 is 44.6 Å². The third-order valence-corrected chi connectivity index (χ3v) is 11.7. The molecule has 17 heteroatoms. The molecule has 1 aromatic carbocycles. The van der Waals surface area contributed by atoms with Crippen LogP contribution in [0.3, 0.4) is 0 Å². The second-order valence-corrected chi connectivity index (χ2v) is 16.6. The Kier molecular flexibility index (Phi) is 22.7. The molecule has 1 saturated heterocycles. The number of aliphatic hydroxyl groups excluding tert-OH is 2. The normalized spacial score (nSPS) is 20.1. The van der Waals surface area contributed by atoms with Gasteiger partial charge in [-0.3, -0.25) is 13.9 Å². The zero-order valence-corrected chi connectivity index (χ0v) is 33.8. The van der Waals surface area contributed by atoms with E-state index in [0.717, 1.165) is 55.8 Å². The van der Waals surface area contributed by atoms with Crippen LogP contribution in [0.15, 0.2) is 102 Å². The van der Waals surface area contributed by atoms with E-state index in [1.165, 1.54) is 10.8 Å². The number of hydrogen-bond acceptors (Lipinski definition) is 13. The van der Waals surface area contributed by atoms with Gasteiger partial charge in [0, 0.05) is 31.0 Å². The van der Waals surface area contributed by atoms with Crippen LogP contribution in [-0.4, -0.2) is 80.2 Å².